The van der Waals surface area contributed by atoms with Crippen LogP contribution in [0.15, 0.2) is 17.0 Å². The molecule has 6 heteroatoms. The van der Waals surface area contributed by atoms with E-state index in [9.17, 15) is 13.6 Å². The van der Waals surface area contributed by atoms with Crippen molar-refractivity contribution in [2.45, 2.75) is 4.90 Å². The van der Waals surface area contributed by atoms with E-state index >= 15 is 0 Å². The lowest BCUT2D eigenvalue weighted by atomic mass is 10.2. The average Bonchev–Trinajstić information content (AvgIpc) is 2.27. The fourth-order valence-corrected chi connectivity index (χ4v) is 1.94. The molecule has 17 heavy (non-hydrogen) atoms. The Hall–Kier alpha value is -1.61. The molecule has 1 amide bonds. The normalized spacial score (nSPS) is 9.82. The lowest BCUT2D eigenvalue weighted by Gasteiger charge is -2.10. The molecule has 0 aliphatic carbocycles. The highest BCUT2D eigenvalue weighted by atomic mass is 32.2. The number of hydrogen-bond acceptors (Lipinski definition) is 3. The van der Waals surface area contributed by atoms with E-state index in [1.54, 1.807) is 20.2 Å². The maximum atomic E-state index is 13.4. The van der Waals surface area contributed by atoms with Crippen LogP contribution < -0.4 is 0 Å². The molecule has 0 saturated heterocycles. The number of hydrogen-bond donors (Lipinski definition) is 0. The van der Waals surface area contributed by atoms with Crippen molar-refractivity contribution in [1.82, 2.24) is 4.90 Å². The van der Waals surface area contributed by atoms with E-state index in [0.29, 0.717) is 0 Å². The van der Waals surface area contributed by atoms with Gasteiger partial charge in [-0.2, -0.15) is 5.26 Å². The summed E-state index contributed by atoms with van der Waals surface area (Å²) in [6.07, 6.45) is 0. The number of carbonyl (C=O) groups is 1. The average molecular weight is 256 g/mol. The van der Waals surface area contributed by atoms with Crippen molar-refractivity contribution in [3.63, 3.8) is 0 Å². The molecule has 90 valence electrons. The van der Waals surface area contributed by atoms with Gasteiger partial charge in [0.2, 0.25) is 5.91 Å². The molecule has 3 nitrogen and oxygen atoms in total. The zero-order chi connectivity index (χ0) is 13.0. The first kappa shape index (κ1) is 13.5. The predicted octanol–water partition coefficient (Wildman–Crippen LogP) is 2.02. The van der Waals surface area contributed by atoms with Gasteiger partial charge in [0.25, 0.3) is 0 Å². The summed E-state index contributed by atoms with van der Waals surface area (Å²) < 4.78 is 26.8. The van der Waals surface area contributed by atoms with Gasteiger partial charge in [0.15, 0.2) is 0 Å². The van der Waals surface area contributed by atoms with Gasteiger partial charge >= 0.3 is 0 Å². The Bertz CT molecular complexity index is 460. The lowest BCUT2D eigenvalue weighted by Crippen LogP contribution is -2.23. The molecule has 1 aromatic carbocycles. The Morgan fingerprint density at radius 2 is 1.94 bits per heavy atom. The van der Waals surface area contributed by atoms with Crippen molar-refractivity contribution in [1.29, 1.82) is 5.26 Å². The van der Waals surface area contributed by atoms with Crippen molar-refractivity contribution in [2.75, 3.05) is 19.8 Å². The van der Waals surface area contributed by atoms with E-state index < -0.39 is 11.6 Å². The Kier molecular flexibility index (Phi) is 4.46. The van der Waals surface area contributed by atoms with Crippen LogP contribution in [0.1, 0.15) is 5.56 Å². The molecule has 0 aliphatic heterocycles. The summed E-state index contributed by atoms with van der Waals surface area (Å²) >= 11 is 0.779. The van der Waals surface area contributed by atoms with Crippen molar-refractivity contribution in [2.24, 2.45) is 0 Å². The van der Waals surface area contributed by atoms with Crippen molar-refractivity contribution in [3.8, 4) is 6.07 Å². The van der Waals surface area contributed by atoms with E-state index in [1.807, 2.05) is 0 Å². The van der Waals surface area contributed by atoms with Crippen molar-refractivity contribution in [3.05, 3.63) is 29.3 Å². The van der Waals surface area contributed by atoms with E-state index in [1.165, 1.54) is 4.90 Å². The van der Waals surface area contributed by atoms with Crippen LogP contribution in [-0.4, -0.2) is 30.7 Å². The maximum Gasteiger partial charge on any atom is 0.232 e. The summed E-state index contributed by atoms with van der Waals surface area (Å²) in [7, 11) is 3.13. The van der Waals surface area contributed by atoms with Gasteiger partial charge in [-0.25, -0.2) is 8.78 Å². The van der Waals surface area contributed by atoms with Crippen LogP contribution in [0, 0.1) is 23.0 Å². The minimum Gasteiger partial charge on any atom is -0.348 e. The van der Waals surface area contributed by atoms with Crippen LogP contribution in [0.3, 0.4) is 0 Å². The zero-order valence-corrected chi connectivity index (χ0v) is 10.1. The van der Waals surface area contributed by atoms with Crippen LogP contribution in [0.5, 0.6) is 0 Å². The number of thioether (sulfide) groups is 1. The minimum absolute atomic E-state index is 0.0489. The van der Waals surface area contributed by atoms with Gasteiger partial charge in [-0.05, 0) is 12.1 Å². The summed E-state index contributed by atoms with van der Waals surface area (Å²) in [4.78, 5) is 12.4. The Morgan fingerprint density at radius 3 is 2.35 bits per heavy atom. The Labute approximate surface area is 102 Å². The maximum absolute atomic E-state index is 13.4. The summed E-state index contributed by atoms with van der Waals surface area (Å²) in [5.74, 6) is -1.93. The second kappa shape index (κ2) is 5.64. The number of rotatable bonds is 3. The second-order valence-electron chi connectivity index (χ2n) is 3.46. The topological polar surface area (TPSA) is 44.1 Å². The fraction of sp³-hybridized carbons (Fsp3) is 0.273. The summed E-state index contributed by atoms with van der Waals surface area (Å²) in [6.45, 7) is 0. The molecular formula is C11H10F2N2OS. The minimum atomic E-state index is -0.821. The van der Waals surface area contributed by atoms with Gasteiger partial charge in [0, 0.05) is 14.1 Å². The third-order valence-electron chi connectivity index (χ3n) is 1.97. The molecule has 0 saturated carbocycles. The summed E-state index contributed by atoms with van der Waals surface area (Å²) in [6, 6.07) is 3.55. The molecule has 0 spiro atoms. The Balaban J connectivity index is 2.86. The predicted molar refractivity (Wildman–Crippen MR) is 60.5 cm³/mol. The highest BCUT2D eigenvalue weighted by molar-refractivity contribution is 8.00. The van der Waals surface area contributed by atoms with Crippen LogP contribution in [0.4, 0.5) is 8.78 Å². The van der Waals surface area contributed by atoms with Crippen LogP contribution >= 0.6 is 11.8 Å². The second-order valence-corrected chi connectivity index (χ2v) is 4.44. The third kappa shape index (κ3) is 3.43. The first-order valence-corrected chi connectivity index (χ1v) is 5.66. The number of carbonyl (C=O) groups excluding carboxylic acids is 1. The number of nitriles is 1. The van der Waals surface area contributed by atoms with Gasteiger partial charge in [0.1, 0.15) is 11.6 Å². The van der Waals surface area contributed by atoms with Crippen LogP contribution in [0.2, 0.25) is 0 Å². The van der Waals surface area contributed by atoms with Crippen molar-refractivity contribution < 1.29 is 13.6 Å². The number of amides is 1. The first-order valence-electron chi connectivity index (χ1n) is 4.67. The van der Waals surface area contributed by atoms with Gasteiger partial charge in [-0.1, -0.05) is 0 Å². The van der Waals surface area contributed by atoms with E-state index in [-0.39, 0.29) is 22.1 Å². The van der Waals surface area contributed by atoms with E-state index in [4.69, 9.17) is 5.26 Å². The quantitative estimate of drug-likeness (QED) is 0.777. The summed E-state index contributed by atoms with van der Waals surface area (Å²) in [5.41, 5.74) is -0.0803. The van der Waals surface area contributed by atoms with Gasteiger partial charge in [-0.15, -0.1) is 11.8 Å². The number of nitrogens with zero attached hydrogens (tertiary/aromatic N) is 2. The SMILES string of the molecule is CN(C)C(=O)CSc1c(F)cc(C#N)cc1F. The third-order valence-corrected chi connectivity index (χ3v) is 3.04. The molecule has 0 aromatic heterocycles. The number of halogens is 2. The Morgan fingerprint density at radius 1 is 1.41 bits per heavy atom. The molecule has 0 heterocycles. The van der Waals surface area contributed by atoms with Crippen molar-refractivity contribution >= 4 is 17.7 Å². The molecule has 0 atom stereocenters. The molecule has 1 aromatic rings. The molecule has 0 N–H and O–H groups in total. The highest BCUT2D eigenvalue weighted by Gasteiger charge is 2.14. The zero-order valence-electron chi connectivity index (χ0n) is 9.33. The first-order chi connectivity index (χ1) is 7.95. The molecule has 0 bridgehead atoms. The smallest absolute Gasteiger partial charge is 0.232 e. The molecular weight excluding hydrogens is 246 g/mol. The molecule has 0 aliphatic rings. The largest absolute Gasteiger partial charge is 0.348 e. The van der Waals surface area contributed by atoms with Gasteiger partial charge < -0.3 is 4.90 Å². The summed E-state index contributed by atoms with van der Waals surface area (Å²) in [5, 5.41) is 8.52. The molecule has 0 unspecified atom stereocenters. The molecule has 0 radical (unpaired) electrons. The van der Waals surface area contributed by atoms with Gasteiger partial charge in [-0.3, -0.25) is 4.79 Å². The standard InChI is InChI=1S/C11H10F2N2OS/c1-15(2)10(16)6-17-11-8(12)3-7(5-14)4-9(11)13/h3-4H,6H2,1-2H3. The lowest BCUT2D eigenvalue weighted by molar-refractivity contribution is -0.125. The highest BCUT2D eigenvalue weighted by Crippen LogP contribution is 2.26. The fourth-order valence-electron chi connectivity index (χ4n) is 1.03. The van der Waals surface area contributed by atoms with E-state index in [0.717, 1.165) is 23.9 Å². The van der Waals surface area contributed by atoms with Crippen LogP contribution in [0.25, 0.3) is 0 Å². The number of benzene rings is 1. The van der Waals surface area contributed by atoms with Crippen LogP contribution in [-0.2, 0) is 4.79 Å². The monoisotopic (exact) mass is 256 g/mol. The van der Waals surface area contributed by atoms with Gasteiger partial charge in [0.05, 0.1) is 22.3 Å². The molecule has 0 fully saturated rings. The van der Waals surface area contributed by atoms with E-state index in [2.05, 4.69) is 0 Å². The molecule has 1 rings (SSSR count).